The van der Waals surface area contributed by atoms with E-state index < -0.39 is 0 Å². The minimum atomic E-state index is 0.236. The Morgan fingerprint density at radius 3 is 2.00 bits per heavy atom. The van der Waals surface area contributed by atoms with E-state index in [4.69, 9.17) is 0 Å². The van der Waals surface area contributed by atoms with Crippen molar-refractivity contribution in [3.8, 4) is 0 Å². The Balaban J connectivity index is 2.69. The minimum Gasteiger partial charge on any atom is -0.385 e. The average molecular weight is 261 g/mol. The van der Waals surface area contributed by atoms with E-state index in [2.05, 4.69) is 71.1 Å². The molecule has 0 unspecified atom stereocenters. The summed E-state index contributed by atoms with van der Waals surface area (Å²) in [5.74, 6) is 0. The number of benzene rings is 1. The van der Waals surface area contributed by atoms with Crippen LogP contribution in [0.2, 0.25) is 0 Å². The Morgan fingerprint density at radius 2 is 1.53 bits per heavy atom. The van der Waals surface area contributed by atoms with Crippen molar-refractivity contribution >= 4 is 5.69 Å². The first-order chi connectivity index (χ1) is 8.74. The van der Waals surface area contributed by atoms with Gasteiger partial charge in [0.1, 0.15) is 0 Å². The van der Waals surface area contributed by atoms with Crippen LogP contribution in [0.4, 0.5) is 5.69 Å². The number of hydrogen-bond donors (Lipinski definition) is 1. The predicted molar refractivity (Wildman–Crippen MR) is 86.9 cm³/mol. The fourth-order valence-electron chi connectivity index (χ4n) is 2.88. The summed E-state index contributed by atoms with van der Waals surface area (Å²) in [5, 5.41) is 3.47. The molecular weight excluding hydrogens is 230 g/mol. The summed E-state index contributed by atoms with van der Waals surface area (Å²) in [7, 11) is 0. The first-order valence-electron chi connectivity index (χ1n) is 7.59. The van der Waals surface area contributed by atoms with Crippen LogP contribution in [-0.4, -0.2) is 6.54 Å². The highest BCUT2D eigenvalue weighted by molar-refractivity contribution is 5.45. The van der Waals surface area contributed by atoms with Crippen LogP contribution < -0.4 is 5.32 Å². The van der Waals surface area contributed by atoms with E-state index in [-0.39, 0.29) is 5.41 Å². The maximum atomic E-state index is 3.47. The summed E-state index contributed by atoms with van der Waals surface area (Å²) in [4.78, 5) is 0. The van der Waals surface area contributed by atoms with Crippen molar-refractivity contribution in [1.29, 1.82) is 0 Å². The molecule has 1 nitrogen and oxygen atoms in total. The fourth-order valence-corrected chi connectivity index (χ4v) is 2.88. The van der Waals surface area contributed by atoms with Crippen molar-refractivity contribution < 1.29 is 0 Å². The molecule has 0 amide bonds. The molecule has 1 aromatic carbocycles. The largest absolute Gasteiger partial charge is 0.385 e. The molecule has 0 heterocycles. The van der Waals surface area contributed by atoms with Crippen molar-refractivity contribution in [2.75, 3.05) is 11.9 Å². The van der Waals surface area contributed by atoms with Crippen LogP contribution >= 0.6 is 0 Å². The lowest BCUT2D eigenvalue weighted by atomic mass is 9.72. The summed E-state index contributed by atoms with van der Waals surface area (Å²) in [6, 6.07) is 8.99. The fraction of sp³-hybridized carbons (Fsp3) is 0.667. The lowest BCUT2D eigenvalue weighted by Crippen LogP contribution is -2.24. The van der Waals surface area contributed by atoms with Gasteiger partial charge in [-0.1, -0.05) is 60.1 Å². The highest BCUT2D eigenvalue weighted by Crippen LogP contribution is 2.36. The van der Waals surface area contributed by atoms with Gasteiger partial charge in [0.2, 0.25) is 0 Å². The number of rotatable bonds is 6. The average Bonchev–Trinajstić information content (AvgIpc) is 2.27. The Kier molecular flexibility index (Phi) is 5.46. The Morgan fingerprint density at radius 1 is 0.947 bits per heavy atom. The zero-order valence-electron chi connectivity index (χ0n) is 13.6. The highest BCUT2D eigenvalue weighted by atomic mass is 14.9. The SMILES string of the molecule is CCCCNc1ccc(C(C)(C)CC(C)(C)C)cc1. The summed E-state index contributed by atoms with van der Waals surface area (Å²) in [6.07, 6.45) is 3.67. The van der Waals surface area contributed by atoms with Crippen LogP contribution in [0.1, 0.15) is 66.4 Å². The molecule has 1 N–H and O–H groups in total. The van der Waals surface area contributed by atoms with Gasteiger partial charge < -0.3 is 5.32 Å². The Bertz CT molecular complexity index is 368. The van der Waals surface area contributed by atoms with Crippen molar-refractivity contribution in [2.24, 2.45) is 5.41 Å². The molecule has 0 aliphatic heterocycles. The smallest absolute Gasteiger partial charge is 0.0340 e. The number of unbranched alkanes of at least 4 members (excludes halogenated alkanes) is 1. The van der Waals surface area contributed by atoms with Gasteiger partial charge in [-0.15, -0.1) is 0 Å². The van der Waals surface area contributed by atoms with Crippen LogP contribution in [0.5, 0.6) is 0 Å². The van der Waals surface area contributed by atoms with Crippen molar-refractivity contribution in [2.45, 2.75) is 66.2 Å². The van der Waals surface area contributed by atoms with Gasteiger partial charge in [0.25, 0.3) is 0 Å². The Hall–Kier alpha value is -0.980. The molecule has 0 bridgehead atoms. The third-order valence-corrected chi connectivity index (χ3v) is 3.50. The van der Waals surface area contributed by atoms with Gasteiger partial charge in [0.15, 0.2) is 0 Å². The van der Waals surface area contributed by atoms with Crippen LogP contribution in [0.25, 0.3) is 0 Å². The summed E-state index contributed by atoms with van der Waals surface area (Å²) >= 11 is 0. The molecule has 0 aliphatic rings. The molecule has 0 saturated heterocycles. The third-order valence-electron chi connectivity index (χ3n) is 3.50. The number of nitrogens with one attached hydrogen (secondary N) is 1. The molecule has 1 aromatic rings. The molecule has 1 rings (SSSR count). The van der Waals surface area contributed by atoms with E-state index in [1.54, 1.807) is 0 Å². The van der Waals surface area contributed by atoms with Crippen molar-refractivity contribution in [3.63, 3.8) is 0 Å². The molecular formula is C18H31N. The first-order valence-corrected chi connectivity index (χ1v) is 7.59. The maximum Gasteiger partial charge on any atom is 0.0340 e. The molecule has 19 heavy (non-hydrogen) atoms. The molecule has 1 heteroatoms. The van der Waals surface area contributed by atoms with Crippen molar-refractivity contribution in [1.82, 2.24) is 0 Å². The monoisotopic (exact) mass is 261 g/mol. The lowest BCUT2D eigenvalue weighted by Gasteiger charge is -2.33. The minimum absolute atomic E-state index is 0.236. The second-order valence-corrected chi connectivity index (χ2v) is 7.48. The standard InChI is InChI=1S/C18H31N/c1-7-8-13-19-16-11-9-15(10-12-16)18(5,6)14-17(2,3)4/h9-12,19H,7-8,13-14H2,1-6H3. The summed E-state index contributed by atoms with van der Waals surface area (Å²) < 4.78 is 0. The molecule has 0 fully saturated rings. The zero-order chi connectivity index (χ0) is 14.5. The van der Waals surface area contributed by atoms with Gasteiger partial charge in [-0.2, -0.15) is 0 Å². The highest BCUT2D eigenvalue weighted by Gasteiger charge is 2.26. The Labute approximate surface area is 119 Å². The molecule has 0 aromatic heterocycles. The molecule has 0 radical (unpaired) electrons. The van der Waals surface area contributed by atoms with Gasteiger partial charge in [0.05, 0.1) is 0 Å². The van der Waals surface area contributed by atoms with Crippen LogP contribution in [0.3, 0.4) is 0 Å². The van der Waals surface area contributed by atoms with Gasteiger partial charge in [-0.3, -0.25) is 0 Å². The van der Waals surface area contributed by atoms with Crippen LogP contribution in [0, 0.1) is 5.41 Å². The van der Waals surface area contributed by atoms with E-state index in [1.165, 1.54) is 30.5 Å². The van der Waals surface area contributed by atoms with E-state index in [1.807, 2.05) is 0 Å². The molecule has 0 atom stereocenters. The number of anilines is 1. The zero-order valence-corrected chi connectivity index (χ0v) is 13.6. The number of hydrogen-bond acceptors (Lipinski definition) is 1. The first kappa shape index (κ1) is 16.1. The molecule has 0 saturated carbocycles. The third kappa shape index (κ3) is 5.67. The van der Waals surface area contributed by atoms with Gasteiger partial charge >= 0.3 is 0 Å². The van der Waals surface area contributed by atoms with E-state index in [9.17, 15) is 0 Å². The second kappa shape index (κ2) is 6.45. The summed E-state index contributed by atoms with van der Waals surface area (Å²) in [5.41, 5.74) is 3.27. The quantitative estimate of drug-likeness (QED) is 0.656. The second-order valence-electron chi connectivity index (χ2n) is 7.48. The van der Waals surface area contributed by atoms with Crippen LogP contribution in [0.15, 0.2) is 24.3 Å². The normalized spacial score (nSPS) is 12.5. The van der Waals surface area contributed by atoms with E-state index in [0.717, 1.165) is 6.54 Å². The van der Waals surface area contributed by atoms with Gasteiger partial charge in [-0.25, -0.2) is 0 Å². The maximum absolute atomic E-state index is 3.47. The molecule has 0 aliphatic carbocycles. The topological polar surface area (TPSA) is 12.0 Å². The van der Waals surface area contributed by atoms with Gasteiger partial charge in [-0.05, 0) is 41.4 Å². The predicted octanol–water partition coefficient (Wildman–Crippen LogP) is 5.61. The van der Waals surface area contributed by atoms with Crippen LogP contribution in [-0.2, 0) is 5.41 Å². The van der Waals surface area contributed by atoms with Gasteiger partial charge in [0, 0.05) is 12.2 Å². The molecule has 108 valence electrons. The summed E-state index contributed by atoms with van der Waals surface area (Å²) in [6.45, 7) is 14.9. The van der Waals surface area contributed by atoms with E-state index in [0.29, 0.717) is 5.41 Å². The van der Waals surface area contributed by atoms with Crippen molar-refractivity contribution in [3.05, 3.63) is 29.8 Å². The van der Waals surface area contributed by atoms with E-state index >= 15 is 0 Å². The molecule has 0 spiro atoms. The lowest BCUT2D eigenvalue weighted by molar-refractivity contribution is 0.284.